The highest BCUT2D eigenvalue weighted by molar-refractivity contribution is 7.99. The number of thioether (sulfide) groups is 1. The summed E-state index contributed by atoms with van der Waals surface area (Å²) < 4.78 is 2.97. The van der Waals surface area contributed by atoms with Crippen LogP contribution in [-0.2, 0) is 14.1 Å². The molecule has 0 atom stereocenters. The van der Waals surface area contributed by atoms with Gasteiger partial charge < -0.3 is 25.5 Å². The SMILES string of the molecule is Cn1cc(NC(=O)c2cc([N+](=O)[O-])cn2C)cc1C(=O)NCCC(N)=NCCN1CCSCC1. The van der Waals surface area contributed by atoms with Crippen molar-refractivity contribution in [2.24, 2.45) is 24.8 Å². The second-order valence-corrected chi connectivity index (χ2v) is 9.19. The fourth-order valence-corrected chi connectivity index (χ4v) is 4.54. The van der Waals surface area contributed by atoms with Gasteiger partial charge in [0.05, 0.1) is 29.2 Å². The smallest absolute Gasteiger partial charge is 0.287 e. The van der Waals surface area contributed by atoms with Gasteiger partial charge in [-0.25, -0.2) is 0 Å². The molecule has 1 saturated heterocycles. The van der Waals surface area contributed by atoms with Gasteiger partial charge in [-0.2, -0.15) is 11.8 Å². The van der Waals surface area contributed by atoms with E-state index in [1.54, 1.807) is 30.9 Å². The minimum Gasteiger partial charge on any atom is -0.387 e. The van der Waals surface area contributed by atoms with Crippen molar-refractivity contribution in [1.82, 2.24) is 19.4 Å². The molecule has 2 amide bonds. The molecule has 0 aromatic carbocycles. The van der Waals surface area contributed by atoms with Crippen LogP contribution in [0.5, 0.6) is 0 Å². The van der Waals surface area contributed by atoms with Gasteiger partial charge in [0.2, 0.25) is 0 Å². The molecule has 4 N–H and O–H groups in total. The van der Waals surface area contributed by atoms with E-state index in [4.69, 9.17) is 5.73 Å². The standard InChI is InChI=1S/C21H30N8O4S/c1-26-13-15(25-21(31)18-12-16(29(32)33)14-27(18)2)11-17(26)20(30)24-4-3-19(22)23-5-6-28-7-9-34-10-8-28/h11-14H,3-10H2,1-2H3,(H2,22,23)(H,24,30)(H,25,31). The second-order valence-electron chi connectivity index (χ2n) is 7.96. The summed E-state index contributed by atoms with van der Waals surface area (Å²) in [5, 5.41) is 16.4. The third-order valence-corrected chi connectivity index (χ3v) is 6.37. The molecule has 3 rings (SSSR count). The molecule has 1 fully saturated rings. The van der Waals surface area contributed by atoms with E-state index in [1.807, 2.05) is 11.8 Å². The van der Waals surface area contributed by atoms with Gasteiger partial charge in [0.15, 0.2) is 0 Å². The fraction of sp³-hybridized carbons (Fsp3) is 0.476. The van der Waals surface area contributed by atoms with Crippen molar-refractivity contribution in [3.63, 3.8) is 0 Å². The van der Waals surface area contributed by atoms with Crippen molar-refractivity contribution in [1.29, 1.82) is 0 Å². The molecule has 0 aliphatic carbocycles. The monoisotopic (exact) mass is 490 g/mol. The number of aliphatic imine (C=N–C) groups is 1. The van der Waals surface area contributed by atoms with E-state index >= 15 is 0 Å². The lowest BCUT2D eigenvalue weighted by atomic mass is 10.3. The summed E-state index contributed by atoms with van der Waals surface area (Å²) >= 11 is 1.97. The molecule has 184 valence electrons. The second kappa shape index (κ2) is 11.7. The number of nitrogens with zero attached hydrogens (tertiary/aromatic N) is 5. The molecule has 2 aromatic heterocycles. The van der Waals surface area contributed by atoms with Gasteiger partial charge in [-0.15, -0.1) is 0 Å². The van der Waals surface area contributed by atoms with Crippen molar-refractivity contribution < 1.29 is 14.5 Å². The summed E-state index contributed by atoms with van der Waals surface area (Å²) in [5.74, 6) is 1.99. The van der Waals surface area contributed by atoms with Crippen molar-refractivity contribution in [2.75, 3.05) is 49.5 Å². The largest absolute Gasteiger partial charge is 0.387 e. The first-order valence-corrected chi connectivity index (χ1v) is 12.1. The first-order chi connectivity index (χ1) is 16.2. The van der Waals surface area contributed by atoms with Crippen LogP contribution in [-0.4, -0.2) is 80.8 Å². The number of amides is 2. The fourth-order valence-electron chi connectivity index (χ4n) is 3.56. The molecular formula is C21H30N8O4S. The number of anilines is 1. The molecule has 1 aliphatic rings. The summed E-state index contributed by atoms with van der Waals surface area (Å²) in [7, 11) is 3.24. The van der Waals surface area contributed by atoms with E-state index in [9.17, 15) is 19.7 Å². The van der Waals surface area contributed by atoms with E-state index in [0.717, 1.165) is 31.1 Å². The van der Waals surface area contributed by atoms with Crippen molar-refractivity contribution >= 4 is 40.8 Å². The molecule has 0 unspecified atom stereocenters. The van der Waals surface area contributed by atoms with Crippen molar-refractivity contribution in [2.45, 2.75) is 6.42 Å². The Morgan fingerprint density at radius 1 is 1.15 bits per heavy atom. The number of hydrogen-bond acceptors (Lipinski definition) is 7. The summed E-state index contributed by atoms with van der Waals surface area (Å²) in [5.41, 5.74) is 6.69. The number of nitro groups is 1. The lowest BCUT2D eigenvalue weighted by Gasteiger charge is -2.25. The normalized spacial score (nSPS) is 14.7. The highest BCUT2D eigenvalue weighted by atomic mass is 32.2. The highest BCUT2D eigenvalue weighted by Crippen LogP contribution is 2.18. The molecule has 0 saturated carbocycles. The van der Waals surface area contributed by atoms with Gasteiger partial charge in [0.25, 0.3) is 17.5 Å². The van der Waals surface area contributed by atoms with Crippen LogP contribution in [0.3, 0.4) is 0 Å². The van der Waals surface area contributed by atoms with Gasteiger partial charge in [0.1, 0.15) is 11.4 Å². The average Bonchev–Trinajstić information content (AvgIpc) is 3.37. The Hall–Kier alpha value is -3.32. The van der Waals surface area contributed by atoms with Gasteiger partial charge in [-0.3, -0.25) is 29.6 Å². The minimum absolute atomic E-state index is 0.135. The Kier molecular flexibility index (Phi) is 8.71. The summed E-state index contributed by atoms with van der Waals surface area (Å²) in [6.45, 7) is 4.05. The number of carbonyl (C=O) groups excluding carboxylic acids is 2. The van der Waals surface area contributed by atoms with Crippen LogP contribution in [0.15, 0.2) is 29.5 Å². The van der Waals surface area contributed by atoms with Crippen LogP contribution < -0.4 is 16.4 Å². The molecule has 3 heterocycles. The Morgan fingerprint density at radius 3 is 2.50 bits per heavy atom. The number of rotatable bonds is 10. The van der Waals surface area contributed by atoms with E-state index < -0.39 is 10.8 Å². The van der Waals surface area contributed by atoms with E-state index in [2.05, 4.69) is 20.5 Å². The lowest BCUT2D eigenvalue weighted by molar-refractivity contribution is -0.384. The number of aryl methyl sites for hydroxylation is 2. The summed E-state index contributed by atoms with van der Waals surface area (Å²) in [6.07, 6.45) is 3.31. The van der Waals surface area contributed by atoms with Crippen molar-refractivity contribution in [3.05, 3.63) is 46.0 Å². The van der Waals surface area contributed by atoms with Crippen LogP contribution in [0.1, 0.15) is 27.4 Å². The van der Waals surface area contributed by atoms with Crippen LogP contribution in [0, 0.1) is 10.1 Å². The van der Waals surface area contributed by atoms with E-state index in [0.29, 0.717) is 36.7 Å². The molecule has 2 aromatic rings. The molecular weight excluding hydrogens is 460 g/mol. The lowest BCUT2D eigenvalue weighted by Crippen LogP contribution is -2.35. The molecule has 12 nitrogen and oxygen atoms in total. The molecule has 0 spiro atoms. The van der Waals surface area contributed by atoms with Gasteiger partial charge in [0, 0.05) is 70.5 Å². The number of aromatic nitrogens is 2. The van der Waals surface area contributed by atoms with Gasteiger partial charge in [-0.1, -0.05) is 0 Å². The quantitative estimate of drug-likeness (QED) is 0.195. The van der Waals surface area contributed by atoms with Crippen LogP contribution >= 0.6 is 11.8 Å². The van der Waals surface area contributed by atoms with Crippen LogP contribution in [0.25, 0.3) is 0 Å². The molecule has 1 aliphatic heterocycles. The third-order valence-electron chi connectivity index (χ3n) is 5.43. The Bertz CT molecular complexity index is 1070. The van der Waals surface area contributed by atoms with Gasteiger partial charge in [-0.05, 0) is 6.07 Å². The minimum atomic E-state index is -0.562. The Morgan fingerprint density at radius 2 is 1.82 bits per heavy atom. The topological polar surface area (TPSA) is 153 Å². The zero-order chi connectivity index (χ0) is 24.7. The molecule has 34 heavy (non-hydrogen) atoms. The van der Waals surface area contributed by atoms with E-state index in [-0.39, 0.29) is 17.3 Å². The Balaban J connectivity index is 1.47. The third kappa shape index (κ3) is 6.84. The maximum absolute atomic E-state index is 12.6. The van der Waals surface area contributed by atoms with Crippen LogP contribution in [0.2, 0.25) is 0 Å². The number of nitrogens with one attached hydrogen (secondary N) is 2. The van der Waals surface area contributed by atoms with Gasteiger partial charge >= 0.3 is 0 Å². The van der Waals surface area contributed by atoms with Crippen LogP contribution in [0.4, 0.5) is 11.4 Å². The maximum atomic E-state index is 12.6. The number of carbonyl (C=O) groups is 2. The molecule has 13 heteroatoms. The zero-order valence-electron chi connectivity index (χ0n) is 19.3. The summed E-state index contributed by atoms with van der Waals surface area (Å²) in [6, 6.07) is 2.74. The first-order valence-electron chi connectivity index (χ1n) is 10.9. The maximum Gasteiger partial charge on any atom is 0.287 e. The predicted molar refractivity (Wildman–Crippen MR) is 133 cm³/mol. The molecule has 0 radical (unpaired) electrons. The van der Waals surface area contributed by atoms with Crippen molar-refractivity contribution in [3.8, 4) is 0 Å². The first kappa shape index (κ1) is 25.3. The summed E-state index contributed by atoms with van der Waals surface area (Å²) in [4.78, 5) is 42.2. The zero-order valence-corrected chi connectivity index (χ0v) is 20.1. The number of nitrogens with two attached hydrogens (primary N) is 1. The predicted octanol–water partition coefficient (Wildman–Crippen LogP) is 1.05. The Labute approximate surface area is 201 Å². The molecule has 0 bridgehead atoms. The average molecular weight is 491 g/mol. The number of amidine groups is 1. The van der Waals surface area contributed by atoms with E-state index in [1.165, 1.54) is 16.8 Å². The highest BCUT2D eigenvalue weighted by Gasteiger charge is 2.19. The number of hydrogen-bond donors (Lipinski definition) is 3.